The monoisotopic (exact) mass is 581 g/mol. The summed E-state index contributed by atoms with van der Waals surface area (Å²) in [7, 11) is 0. The molecule has 0 bridgehead atoms. The zero-order valence-electron chi connectivity index (χ0n) is 24.5. The largest absolute Gasteiger partial charge is 0.346 e. The summed E-state index contributed by atoms with van der Waals surface area (Å²) in [5.41, 5.74) is 4.72. The number of nitrogens with one attached hydrogen (secondary N) is 1. The van der Waals surface area contributed by atoms with Gasteiger partial charge in [0, 0.05) is 35.1 Å². The van der Waals surface area contributed by atoms with E-state index in [9.17, 15) is 9.59 Å². The minimum absolute atomic E-state index is 0.110. The Morgan fingerprint density at radius 1 is 0.886 bits per heavy atom. The second-order valence-corrected chi connectivity index (χ2v) is 11.2. The molecule has 1 aliphatic heterocycles. The molecule has 2 amide bonds. The lowest BCUT2D eigenvalue weighted by Crippen LogP contribution is -2.47. The third kappa shape index (κ3) is 4.72. The number of para-hydroxylation sites is 3. The number of pyridine rings is 1. The molecule has 1 aliphatic rings. The number of hydrogen-bond donors (Lipinski definition) is 1. The van der Waals surface area contributed by atoms with E-state index in [-0.39, 0.29) is 24.4 Å². The Morgan fingerprint density at radius 2 is 1.59 bits per heavy atom. The topological polar surface area (TPSA) is 100 Å². The van der Waals surface area contributed by atoms with Gasteiger partial charge in [-0.1, -0.05) is 60.7 Å². The minimum atomic E-state index is -0.719. The summed E-state index contributed by atoms with van der Waals surface area (Å²) in [6.07, 6.45) is 3.98. The molecule has 218 valence electrons. The molecule has 6 aromatic rings. The van der Waals surface area contributed by atoms with Crippen LogP contribution in [-0.2, 0) is 16.0 Å². The normalized spacial score (nSPS) is 14.4. The van der Waals surface area contributed by atoms with Crippen LogP contribution in [0.1, 0.15) is 31.2 Å². The number of anilines is 2. The molecule has 9 nitrogen and oxygen atoms in total. The Labute approximate surface area is 254 Å². The van der Waals surface area contributed by atoms with Crippen molar-refractivity contribution in [3.8, 4) is 17.1 Å². The van der Waals surface area contributed by atoms with Gasteiger partial charge in [-0.25, -0.2) is 4.98 Å². The van der Waals surface area contributed by atoms with Crippen LogP contribution < -0.4 is 9.80 Å². The van der Waals surface area contributed by atoms with Crippen molar-refractivity contribution in [1.82, 2.24) is 24.7 Å². The van der Waals surface area contributed by atoms with Gasteiger partial charge >= 0.3 is 0 Å². The van der Waals surface area contributed by atoms with Crippen molar-refractivity contribution in [2.24, 2.45) is 0 Å². The molecule has 44 heavy (non-hydrogen) atoms. The summed E-state index contributed by atoms with van der Waals surface area (Å²) >= 11 is 0. The number of H-pyrrole nitrogens is 1. The summed E-state index contributed by atoms with van der Waals surface area (Å²) in [5, 5.41) is 10.2. The number of fused-ring (bicyclic) bond motifs is 4. The second-order valence-electron chi connectivity index (χ2n) is 11.2. The van der Waals surface area contributed by atoms with Crippen LogP contribution in [0.3, 0.4) is 0 Å². The van der Waals surface area contributed by atoms with Crippen LogP contribution in [0.4, 0.5) is 11.4 Å². The molecule has 7 rings (SSSR count). The average molecular weight is 582 g/mol. The van der Waals surface area contributed by atoms with Crippen molar-refractivity contribution in [1.29, 1.82) is 0 Å². The van der Waals surface area contributed by atoms with E-state index in [1.54, 1.807) is 16.0 Å². The summed E-state index contributed by atoms with van der Waals surface area (Å²) < 4.78 is 1.97. The zero-order valence-corrected chi connectivity index (χ0v) is 24.5. The van der Waals surface area contributed by atoms with Crippen LogP contribution in [0, 0.1) is 0 Å². The molecule has 3 aromatic carbocycles. The molecule has 3 aromatic heterocycles. The van der Waals surface area contributed by atoms with E-state index in [0.717, 1.165) is 33.5 Å². The highest BCUT2D eigenvalue weighted by molar-refractivity contribution is 6.07. The minimum Gasteiger partial charge on any atom is -0.346 e. The van der Waals surface area contributed by atoms with Gasteiger partial charge in [0.25, 0.3) is 0 Å². The summed E-state index contributed by atoms with van der Waals surface area (Å²) in [5.74, 6) is 0.0477. The second kappa shape index (κ2) is 11.3. The first-order chi connectivity index (χ1) is 21.5. The molecule has 4 heterocycles. The molecule has 0 aliphatic carbocycles. The van der Waals surface area contributed by atoms with E-state index >= 15 is 0 Å². The van der Waals surface area contributed by atoms with Gasteiger partial charge in [-0.05, 0) is 62.2 Å². The van der Waals surface area contributed by atoms with Crippen molar-refractivity contribution in [2.75, 3.05) is 16.3 Å². The molecule has 1 atom stereocenters. The Morgan fingerprint density at radius 3 is 2.34 bits per heavy atom. The van der Waals surface area contributed by atoms with Crippen molar-refractivity contribution < 1.29 is 9.59 Å². The van der Waals surface area contributed by atoms with Gasteiger partial charge in [0.15, 0.2) is 11.6 Å². The highest BCUT2D eigenvalue weighted by Crippen LogP contribution is 2.39. The number of aromatic nitrogens is 5. The molecule has 1 unspecified atom stereocenters. The van der Waals surface area contributed by atoms with Crippen molar-refractivity contribution in [2.45, 2.75) is 32.2 Å². The molecular formula is C35H31N7O2. The molecule has 0 saturated carbocycles. The van der Waals surface area contributed by atoms with E-state index in [2.05, 4.69) is 20.2 Å². The first kappa shape index (κ1) is 27.3. The van der Waals surface area contributed by atoms with E-state index in [0.29, 0.717) is 23.8 Å². The molecule has 0 fully saturated rings. The Kier molecular flexibility index (Phi) is 6.98. The highest BCUT2D eigenvalue weighted by Gasteiger charge is 2.39. The number of carbonyl (C=O) groups excluding carboxylic acids is 2. The van der Waals surface area contributed by atoms with Gasteiger partial charge in [-0.15, -0.1) is 10.2 Å². The number of amides is 2. The first-order valence-electron chi connectivity index (χ1n) is 14.7. The molecule has 1 N–H and O–H groups in total. The van der Waals surface area contributed by atoms with Crippen LogP contribution in [-0.4, -0.2) is 49.1 Å². The first-order valence-corrected chi connectivity index (χ1v) is 14.7. The van der Waals surface area contributed by atoms with Crippen LogP contribution >= 0.6 is 0 Å². The third-order valence-corrected chi connectivity index (χ3v) is 8.08. The van der Waals surface area contributed by atoms with Crippen molar-refractivity contribution >= 4 is 34.2 Å². The van der Waals surface area contributed by atoms with Crippen LogP contribution in [0.15, 0.2) is 109 Å². The van der Waals surface area contributed by atoms with Gasteiger partial charge in [0.05, 0.1) is 11.4 Å². The van der Waals surface area contributed by atoms with E-state index in [1.165, 1.54) is 0 Å². The summed E-state index contributed by atoms with van der Waals surface area (Å²) in [6, 6.07) is 30.8. The van der Waals surface area contributed by atoms with Crippen molar-refractivity contribution in [3.63, 3.8) is 0 Å². The quantitative estimate of drug-likeness (QED) is 0.252. The number of rotatable bonds is 7. The standard InChI is InChI=1S/C35H31N7O2/c1-23(2)41(26-14-7-4-8-15-26)31(43)22-40-29-17-9-10-18-30(29)42-33(24-12-5-3-6-13-24)38-39-34(42)28(35(40)44)20-25-21-37-32-27(25)16-11-19-36-32/h3-19,21,23,28H,20,22H2,1-2H3,(H,36,37). The van der Waals surface area contributed by atoms with Crippen LogP contribution in [0.2, 0.25) is 0 Å². The van der Waals surface area contributed by atoms with Gasteiger partial charge in [-0.2, -0.15) is 0 Å². The number of hydrogen-bond acceptors (Lipinski definition) is 5. The average Bonchev–Trinajstić information content (AvgIpc) is 3.65. The molecule has 0 saturated heterocycles. The summed E-state index contributed by atoms with van der Waals surface area (Å²) in [6.45, 7) is 3.82. The van der Waals surface area contributed by atoms with Crippen LogP contribution in [0.5, 0.6) is 0 Å². The SMILES string of the molecule is CC(C)N(C(=O)CN1C(=O)C(Cc2c[nH]c3ncccc23)c2nnc(-c3ccccc3)n2-c2ccccc21)c1ccccc1. The van der Waals surface area contributed by atoms with Gasteiger partial charge in [0.2, 0.25) is 11.8 Å². The lowest BCUT2D eigenvalue weighted by molar-refractivity contribution is -0.123. The maximum atomic E-state index is 14.8. The Balaban J connectivity index is 1.38. The number of aromatic amines is 1. The fourth-order valence-electron chi connectivity index (χ4n) is 6.11. The number of benzene rings is 3. The van der Waals surface area contributed by atoms with Gasteiger partial charge < -0.3 is 14.8 Å². The highest BCUT2D eigenvalue weighted by atomic mass is 16.2. The fraction of sp³-hybridized carbons (Fsp3) is 0.171. The van der Waals surface area contributed by atoms with E-state index in [4.69, 9.17) is 0 Å². The van der Waals surface area contributed by atoms with Crippen LogP contribution in [0.25, 0.3) is 28.1 Å². The molecule has 9 heteroatoms. The number of nitrogens with zero attached hydrogens (tertiary/aromatic N) is 6. The Hall–Kier alpha value is -5.57. The maximum absolute atomic E-state index is 14.8. The van der Waals surface area contributed by atoms with E-state index in [1.807, 2.05) is 122 Å². The van der Waals surface area contributed by atoms with Crippen molar-refractivity contribution in [3.05, 3.63) is 121 Å². The van der Waals surface area contributed by atoms with E-state index < -0.39 is 5.92 Å². The summed E-state index contributed by atoms with van der Waals surface area (Å²) in [4.78, 5) is 39.9. The fourth-order valence-corrected chi connectivity index (χ4v) is 6.11. The molecule has 0 radical (unpaired) electrons. The Bertz CT molecular complexity index is 1960. The molecule has 0 spiro atoms. The lowest BCUT2D eigenvalue weighted by atomic mass is 9.97. The number of carbonyl (C=O) groups is 2. The van der Waals surface area contributed by atoms with Gasteiger partial charge in [-0.3, -0.25) is 14.2 Å². The van der Waals surface area contributed by atoms with Gasteiger partial charge in [0.1, 0.15) is 18.1 Å². The molecular weight excluding hydrogens is 550 g/mol. The third-order valence-electron chi connectivity index (χ3n) is 8.08. The maximum Gasteiger partial charge on any atom is 0.247 e. The predicted molar refractivity (Wildman–Crippen MR) is 171 cm³/mol. The lowest BCUT2D eigenvalue weighted by Gasteiger charge is -2.31. The smallest absolute Gasteiger partial charge is 0.247 e. The zero-order chi connectivity index (χ0) is 30.2. The predicted octanol–water partition coefficient (Wildman–Crippen LogP) is 5.93.